The first kappa shape index (κ1) is 9.59. The van der Waals surface area contributed by atoms with Gasteiger partial charge in [0.1, 0.15) is 31.7 Å². The van der Waals surface area contributed by atoms with Crippen molar-refractivity contribution in [3.8, 4) is 0 Å². The summed E-state index contributed by atoms with van der Waals surface area (Å²) in [6, 6.07) is 0. The van der Waals surface area contributed by atoms with E-state index in [9.17, 15) is 14.5 Å². The minimum absolute atomic E-state index is 0.161. The molecule has 1 heterocycles. The lowest BCUT2D eigenvalue weighted by Crippen LogP contribution is -2.08. The Bertz CT molecular complexity index is 312. The highest BCUT2D eigenvalue weighted by Gasteiger charge is 2.19. The Morgan fingerprint density at radius 3 is 2.92 bits per heavy atom. The van der Waals surface area contributed by atoms with Gasteiger partial charge >= 0.3 is 5.95 Å². The van der Waals surface area contributed by atoms with E-state index in [1.54, 1.807) is 0 Å². The maximum atomic E-state index is 12.0. The zero-order chi connectivity index (χ0) is 9.84. The topological polar surface area (TPSA) is 81.2 Å². The van der Waals surface area contributed by atoms with Crippen LogP contribution in [0.3, 0.4) is 0 Å². The van der Waals surface area contributed by atoms with E-state index in [1.165, 1.54) is 0 Å². The Morgan fingerprint density at radius 1 is 1.77 bits per heavy atom. The first-order chi connectivity index (χ1) is 6.20. The molecule has 0 aliphatic carbocycles. The van der Waals surface area contributed by atoms with Gasteiger partial charge in [0.25, 0.3) is 0 Å². The summed E-state index contributed by atoms with van der Waals surface area (Å²) >= 11 is 0. The highest BCUT2D eigenvalue weighted by atomic mass is 19.1. The second-order valence-electron chi connectivity index (χ2n) is 2.31. The highest BCUT2D eigenvalue weighted by molar-refractivity contribution is 5.14. The van der Waals surface area contributed by atoms with Gasteiger partial charge in [0.05, 0.1) is 0 Å². The smallest absolute Gasteiger partial charge is 0.390 e. The number of aromatic nitrogens is 2. The van der Waals surface area contributed by atoms with Gasteiger partial charge in [-0.1, -0.05) is 4.98 Å². The lowest BCUT2D eigenvalue weighted by Gasteiger charge is -2.00. The van der Waals surface area contributed by atoms with Crippen LogP contribution in [-0.4, -0.2) is 26.3 Å². The zero-order valence-corrected chi connectivity index (χ0v) is 6.68. The van der Waals surface area contributed by atoms with Crippen LogP contribution in [0.5, 0.6) is 0 Å². The molecule has 0 saturated heterocycles. The Hall–Kier alpha value is -1.50. The molecule has 13 heavy (non-hydrogen) atoms. The molecule has 0 aliphatic rings. The van der Waals surface area contributed by atoms with Crippen LogP contribution in [-0.2, 0) is 13.2 Å². The molecule has 0 saturated carbocycles. The van der Waals surface area contributed by atoms with E-state index >= 15 is 0 Å². The average molecular weight is 189 g/mol. The summed E-state index contributed by atoms with van der Waals surface area (Å²) in [4.78, 5) is 13.1. The van der Waals surface area contributed by atoms with Crippen LogP contribution in [0.1, 0.15) is 5.69 Å². The first-order valence-corrected chi connectivity index (χ1v) is 3.56. The van der Waals surface area contributed by atoms with Crippen LogP contribution >= 0.6 is 0 Å². The summed E-state index contributed by atoms with van der Waals surface area (Å²) in [6.45, 7) is -1.28. The van der Waals surface area contributed by atoms with Crippen molar-refractivity contribution in [2.45, 2.75) is 13.2 Å². The van der Waals surface area contributed by atoms with Gasteiger partial charge in [-0.2, -0.15) is 0 Å². The lowest BCUT2D eigenvalue weighted by atomic mass is 10.5. The predicted octanol–water partition coefficient (Wildman–Crippen LogP) is 0.253. The Balaban J connectivity index is 3.06. The Kier molecular flexibility index (Phi) is 2.91. The van der Waals surface area contributed by atoms with Gasteiger partial charge in [0.15, 0.2) is 0 Å². The fraction of sp³-hybridized carbons (Fsp3) is 0.500. The van der Waals surface area contributed by atoms with E-state index in [1.807, 2.05) is 0 Å². The van der Waals surface area contributed by atoms with Gasteiger partial charge in [-0.3, -0.25) is 0 Å². The van der Waals surface area contributed by atoms with Gasteiger partial charge in [0, 0.05) is 0 Å². The van der Waals surface area contributed by atoms with E-state index in [-0.39, 0.29) is 18.8 Å². The second-order valence-corrected chi connectivity index (χ2v) is 2.31. The molecule has 1 rings (SSSR count). The van der Waals surface area contributed by atoms with Crippen molar-refractivity contribution in [2.24, 2.45) is 0 Å². The number of hydrogen-bond donors (Lipinski definition) is 1. The van der Waals surface area contributed by atoms with Crippen LogP contribution in [0.25, 0.3) is 0 Å². The predicted molar refractivity (Wildman–Crippen MR) is 40.8 cm³/mol. The maximum Gasteiger partial charge on any atom is 0.434 e. The summed E-state index contributed by atoms with van der Waals surface area (Å²) < 4.78 is 13.0. The number of aliphatic hydroxyl groups is 1. The third-order valence-corrected chi connectivity index (χ3v) is 1.55. The van der Waals surface area contributed by atoms with Crippen LogP contribution in [0.4, 0.5) is 10.3 Å². The summed E-state index contributed by atoms with van der Waals surface area (Å²) in [5, 5.41) is 19.1. The largest absolute Gasteiger partial charge is 0.434 e. The number of hydrogen-bond acceptors (Lipinski definition) is 4. The molecule has 0 spiro atoms. The van der Waals surface area contributed by atoms with Gasteiger partial charge < -0.3 is 15.2 Å². The van der Waals surface area contributed by atoms with Crippen LogP contribution in [0, 0.1) is 10.1 Å². The normalized spacial score (nSPS) is 10.3. The van der Waals surface area contributed by atoms with Crippen LogP contribution < -0.4 is 0 Å². The van der Waals surface area contributed by atoms with Crippen LogP contribution in [0.15, 0.2) is 6.20 Å². The molecule has 0 bridgehead atoms. The van der Waals surface area contributed by atoms with Gasteiger partial charge in [-0.05, 0) is 4.92 Å². The summed E-state index contributed by atoms with van der Waals surface area (Å²) in [6.07, 6.45) is 1.16. The van der Waals surface area contributed by atoms with E-state index in [0.717, 1.165) is 10.8 Å². The molecule has 7 heteroatoms. The fourth-order valence-electron chi connectivity index (χ4n) is 1.00. The molecule has 0 aliphatic heterocycles. The monoisotopic (exact) mass is 189 g/mol. The number of halogens is 1. The summed E-state index contributed by atoms with van der Waals surface area (Å²) in [5.74, 6) is -0.443. The molecule has 0 amide bonds. The van der Waals surface area contributed by atoms with Gasteiger partial charge in [-0.25, -0.2) is 8.96 Å². The molecule has 0 unspecified atom stereocenters. The summed E-state index contributed by atoms with van der Waals surface area (Å²) in [7, 11) is 0. The summed E-state index contributed by atoms with van der Waals surface area (Å²) in [5.41, 5.74) is 0.240. The lowest BCUT2D eigenvalue weighted by molar-refractivity contribution is -0.396. The van der Waals surface area contributed by atoms with E-state index in [2.05, 4.69) is 4.98 Å². The average Bonchev–Trinajstić information content (AvgIpc) is 2.48. The number of nitro groups is 1. The number of rotatable bonds is 4. The van der Waals surface area contributed by atoms with Crippen LogP contribution in [0.2, 0.25) is 0 Å². The quantitative estimate of drug-likeness (QED) is 0.543. The highest BCUT2D eigenvalue weighted by Crippen LogP contribution is 2.12. The van der Waals surface area contributed by atoms with Crippen molar-refractivity contribution in [1.29, 1.82) is 0 Å². The molecule has 1 aromatic heterocycles. The number of imidazole rings is 1. The molecule has 0 radical (unpaired) electrons. The zero-order valence-electron chi connectivity index (χ0n) is 6.68. The maximum absolute atomic E-state index is 12.0. The van der Waals surface area contributed by atoms with Crippen molar-refractivity contribution in [3.05, 3.63) is 22.0 Å². The number of aliphatic hydroxyl groups excluding tert-OH is 1. The second kappa shape index (κ2) is 3.94. The van der Waals surface area contributed by atoms with Crippen molar-refractivity contribution < 1.29 is 14.4 Å². The van der Waals surface area contributed by atoms with Crippen molar-refractivity contribution in [2.75, 3.05) is 6.67 Å². The molecule has 1 N–H and O–H groups in total. The van der Waals surface area contributed by atoms with E-state index < -0.39 is 17.5 Å². The number of alkyl halides is 1. The van der Waals surface area contributed by atoms with E-state index in [4.69, 9.17) is 5.11 Å². The third-order valence-electron chi connectivity index (χ3n) is 1.55. The van der Waals surface area contributed by atoms with Crippen molar-refractivity contribution >= 4 is 5.95 Å². The minimum Gasteiger partial charge on any atom is -0.390 e. The van der Waals surface area contributed by atoms with Crippen molar-refractivity contribution in [1.82, 2.24) is 9.55 Å². The Labute approximate surface area is 72.8 Å². The molecule has 0 atom stereocenters. The molecule has 0 fully saturated rings. The molecular formula is C6H8FN3O3. The number of nitrogens with zero attached hydrogens (tertiary/aromatic N) is 3. The Morgan fingerprint density at radius 2 is 2.46 bits per heavy atom. The minimum atomic E-state index is -0.732. The molecule has 6 nitrogen and oxygen atoms in total. The van der Waals surface area contributed by atoms with E-state index in [0.29, 0.717) is 0 Å². The fourth-order valence-corrected chi connectivity index (χ4v) is 1.00. The molecule has 0 aromatic carbocycles. The van der Waals surface area contributed by atoms with Gasteiger partial charge in [0.2, 0.25) is 0 Å². The first-order valence-electron chi connectivity index (χ1n) is 3.56. The molecular weight excluding hydrogens is 181 g/mol. The standard InChI is InChI=1S/C6H8FN3O3/c7-1-2-9-5(4-11)3-8-6(9)10(12)13/h3,11H,1-2,4H2. The van der Waals surface area contributed by atoms with Gasteiger partial charge in [-0.15, -0.1) is 0 Å². The molecule has 72 valence electrons. The molecule has 1 aromatic rings. The SMILES string of the molecule is O=[N+]([O-])c1ncc(CO)n1CCF. The van der Waals surface area contributed by atoms with Crippen molar-refractivity contribution in [3.63, 3.8) is 0 Å². The third kappa shape index (κ3) is 1.81.